The van der Waals surface area contributed by atoms with E-state index in [0.29, 0.717) is 25.8 Å². The smallest absolute Gasteiger partial charge is 0.410 e. The summed E-state index contributed by atoms with van der Waals surface area (Å²) >= 11 is 0. The summed E-state index contributed by atoms with van der Waals surface area (Å²) in [7, 11) is 7.50. The largest absolute Gasteiger partial charge is 0.467 e. The van der Waals surface area contributed by atoms with E-state index >= 15 is 0 Å². The number of nitrogens with zero attached hydrogens (tertiary/aromatic N) is 3. The van der Waals surface area contributed by atoms with Crippen molar-refractivity contribution < 1.29 is 47.7 Å². The molecule has 1 saturated heterocycles. The average molecular weight is 894 g/mol. The van der Waals surface area contributed by atoms with Crippen molar-refractivity contribution in [3.63, 3.8) is 0 Å². The minimum atomic E-state index is -0.958. The number of hydrogen-bond donors (Lipinski definition) is 2. The first-order valence-electron chi connectivity index (χ1n) is 22.6. The molecule has 15 heteroatoms. The SMILES string of the molecule is CCC(C)[C@@H]([C@@H](CC(=O)N1CCC[C@H]1[C@H](OC)[C@@H](C)C(=O)NC(Cc1ccccc1)C(=O)OC)OC)N(C)C(=O)[C@@H](NC(=O)[C@H](C(C)C)N(C)C(=O)OCc1ccc(C)cc1)C(C)C. The zero-order valence-corrected chi connectivity index (χ0v) is 40.4. The Kier molecular flexibility index (Phi) is 21.2. The van der Waals surface area contributed by atoms with E-state index in [1.165, 1.54) is 33.3 Å². The lowest BCUT2D eigenvalue weighted by Crippen LogP contribution is -2.60. The molecule has 0 aromatic heterocycles. The van der Waals surface area contributed by atoms with Gasteiger partial charge in [-0.3, -0.25) is 24.1 Å². The quantitative estimate of drug-likeness (QED) is 0.135. The van der Waals surface area contributed by atoms with Crippen LogP contribution >= 0.6 is 0 Å². The van der Waals surface area contributed by atoms with Crippen LogP contribution in [0, 0.1) is 30.6 Å². The van der Waals surface area contributed by atoms with E-state index in [0.717, 1.165) is 16.7 Å². The lowest BCUT2D eigenvalue weighted by Gasteiger charge is -2.41. The Bertz CT molecular complexity index is 1830. The van der Waals surface area contributed by atoms with Gasteiger partial charge in [-0.05, 0) is 48.6 Å². The molecule has 0 saturated carbocycles. The lowest BCUT2D eigenvalue weighted by molar-refractivity contribution is -0.149. The standard InChI is InChI=1S/C49H75N5O10/c1-14-33(7)43(52(9)47(58)41(30(2)3)51-46(57)42(31(4)5)53(10)49(60)64-29-36-24-22-32(6)23-25-36)39(61-11)28-40(55)54-26-18-21-38(54)44(62-12)34(8)45(56)50-37(48(59)63-13)27-35-19-16-15-17-20-35/h15-17,19-20,22-25,30-31,33-34,37-39,41-44H,14,18,21,26-29H2,1-13H3,(H,50,56)(H,51,57)/t33?,34-,37?,38+,39-,41+,42+,43+,44-/m1/s1. The zero-order chi connectivity index (χ0) is 47.8. The van der Waals surface area contributed by atoms with Crippen molar-refractivity contribution in [2.24, 2.45) is 23.7 Å². The van der Waals surface area contributed by atoms with Crippen molar-refractivity contribution in [3.8, 4) is 0 Å². The number of hydrogen-bond acceptors (Lipinski definition) is 10. The molecule has 2 N–H and O–H groups in total. The number of carbonyl (C=O) groups excluding carboxylic acids is 6. The van der Waals surface area contributed by atoms with Crippen molar-refractivity contribution in [2.75, 3.05) is 42.0 Å². The molecule has 9 atom stereocenters. The Labute approximate surface area is 381 Å². The van der Waals surface area contributed by atoms with Crippen LogP contribution in [0.5, 0.6) is 0 Å². The van der Waals surface area contributed by atoms with Gasteiger partial charge >= 0.3 is 12.1 Å². The predicted molar refractivity (Wildman–Crippen MR) is 245 cm³/mol. The fraction of sp³-hybridized carbons (Fsp3) is 0.633. The normalized spacial score (nSPS) is 17.6. The Morgan fingerprint density at radius 2 is 1.44 bits per heavy atom. The number of nitrogens with one attached hydrogen (secondary N) is 2. The van der Waals surface area contributed by atoms with Gasteiger partial charge in [0.15, 0.2) is 0 Å². The van der Waals surface area contributed by atoms with Crippen LogP contribution in [-0.4, -0.2) is 135 Å². The fourth-order valence-corrected chi connectivity index (χ4v) is 8.74. The number of likely N-dealkylation sites (tertiary alicyclic amines) is 1. The van der Waals surface area contributed by atoms with Crippen LogP contribution in [0.1, 0.15) is 90.8 Å². The summed E-state index contributed by atoms with van der Waals surface area (Å²) in [5.41, 5.74) is 2.76. The van der Waals surface area contributed by atoms with Gasteiger partial charge in [-0.2, -0.15) is 0 Å². The van der Waals surface area contributed by atoms with Crippen LogP contribution in [0.25, 0.3) is 0 Å². The molecule has 5 amide bonds. The molecule has 0 bridgehead atoms. The molecule has 2 unspecified atom stereocenters. The van der Waals surface area contributed by atoms with Crippen molar-refractivity contribution in [3.05, 3.63) is 71.3 Å². The molecule has 3 rings (SSSR count). The molecule has 1 aliphatic rings. The Hall–Kier alpha value is -5.02. The van der Waals surface area contributed by atoms with Crippen LogP contribution in [0.4, 0.5) is 4.79 Å². The van der Waals surface area contributed by atoms with E-state index in [4.69, 9.17) is 18.9 Å². The third-order valence-corrected chi connectivity index (χ3v) is 12.7. The molecular weight excluding hydrogens is 819 g/mol. The third-order valence-electron chi connectivity index (χ3n) is 12.7. The minimum Gasteiger partial charge on any atom is -0.467 e. The maximum Gasteiger partial charge on any atom is 0.410 e. The summed E-state index contributed by atoms with van der Waals surface area (Å²) in [4.78, 5) is 87.3. The van der Waals surface area contributed by atoms with E-state index in [9.17, 15) is 28.8 Å². The topological polar surface area (TPSA) is 173 Å². The third kappa shape index (κ3) is 14.2. The van der Waals surface area contributed by atoms with E-state index in [2.05, 4.69) is 10.6 Å². The van der Waals surface area contributed by atoms with Gasteiger partial charge in [0.1, 0.15) is 24.7 Å². The summed E-state index contributed by atoms with van der Waals surface area (Å²) in [5, 5.41) is 5.81. The van der Waals surface area contributed by atoms with Gasteiger partial charge in [-0.1, -0.05) is 115 Å². The first-order valence-corrected chi connectivity index (χ1v) is 22.6. The number of methoxy groups -OCH3 is 3. The van der Waals surface area contributed by atoms with Crippen LogP contribution in [-0.2, 0) is 55.9 Å². The Morgan fingerprint density at radius 1 is 0.797 bits per heavy atom. The Balaban J connectivity index is 1.77. The van der Waals surface area contributed by atoms with Crippen molar-refractivity contribution in [1.29, 1.82) is 0 Å². The molecule has 64 heavy (non-hydrogen) atoms. The first kappa shape index (κ1) is 53.3. The van der Waals surface area contributed by atoms with Crippen LogP contribution in [0.3, 0.4) is 0 Å². The van der Waals surface area contributed by atoms with Crippen molar-refractivity contribution in [1.82, 2.24) is 25.3 Å². The molecule has 15 nitrogen and oxygen atoms in total. The van der Waals surface area contributed by atoms with Crippen LogP contribution < -0.4 is 10.6 Å². The highest BCUT2D eigenvalue weighted by Crippen LogP contribution is 2.30. The van der Waals surface area contributed by atoms with Gasteiger partial charge in [0, 0.05) is 41.3 Å². The number of aryl methyl sites for hydroxylation is 1. The Morgan fingerprint density at radius 3 is 1.98 bits per heavy atom. The summed E-state index contributed by atoms with van der Waals surface area (Å²) in [6.07, 6.45) is 0.0878. The molecule has 2 aromatic carbocycles. The summed E-state index contributed by atoms with van der Waals surface area (Å²) in [6.45, 7) is 15.5. The van der Waals surface area contributed by atoms with Crippen LogP contribution in [0.15, 0.2) is 54.6 Å². The highest BCUT2D eigenvalue weighted by molar-refractivity contribution is 5.92. The highest BCUT2D eigenvalue weighted by atomic mass is 16.6. The fourth-order valence-electron chi connectivity index (χ4n) is 8.74. The van der Waals surface area contributed by atoms with Gasteiger partial charge in [-0.25, -0.2) is 9.59 Å². The molecule has 2 aromatic rings. The minimum absolute atomic E-state index is 0.0457. The number of benzene rings is 2. The predicted octanol–water partition coefficient (Wildman–Crippen LogP) is 5.55. The number of ether oxygens (including phenoxy) is 4. The van der Waals surface area contributed by atoms with Gasteiger partial charge in [0.05, 0.1) is 43.7 Å². The van der Waals surface area contributed by atoms with Crippen molar-refractivity contribution >= 4 is 35.7 Å². The summed E-state index contributed by atoms with van der Waals surface area (Å²) in [5.74, 6) is -3.51. The monoisotopic (exact) mass is 894 g/mol. The van der Waals surface area contributed by atoms with Gasteiger partial charge < -0.3 is 39.4 Å². The summed E-state index contributed by atoms with van der Waals surface area (Å²) < 4.78 is 22.6. The van der Waals surface area contributed by atoms with E-state index < -0.39 is 72.2 Å². The number of amides is 5. The molecule has 0 spiro atoms. The summed E-state index contributed by atoms with van der Waals surface area (Å²) in [6, 6.07) is 13.2. The van der Waals surface area contributed by atoms with Crippen molar-refractivity contribution in [2.45, 2.75) is 137 Å². The second-order valence-electron chi connectivity index (χ2n) is 17.9. The molecule has 356 valence electrons. The number of likely N-dealkylation sites (N-methyl/N-ethyl adjacent to an activating group) is 2. The highest BCUT2D eigenvalue weighted by Gasteiger charge is 2.44. The van der Waals surface area contributed by atoms with Crippen LogP contribution in [0.2, 0.25) is 0 Å². The second kappa shape index (κ2) is 25.5. The zero-order valence-electron chi connectivity index (χ0n) is 40.4. The number of rotatable bonds is 23. The van der Waals surface area contributed by atoms with E-state index in [-0.39, 0.29) is 49.0 Å². The molecular formula is C49H75N5O10. The lowest BCUT2D eigenvalue weighted by atomic mass is 9.89. The first-order chi connectivity index (χ1) is 30.3. The second-order valence-corrected chi connectivity index (χ2v) is 17.9. The van der Waals surface area contributed by atoms with Gasteiger partial charge in [-0.15, -0.1) is 0 Å². The molecule has 0 aliphatic carbocycles. The average Bonchev–Trinajstić information content (AvgIpc) is 3.76. The number of esters is 1. The van der Waals surface area contributed by atoms with Gasteiger partial charge in [0.25, 0.3) is 0 Å². The van der Waals surface area contributed by atoms with E-state index in [1.807, 2.05) is 103 Å². The number of carbonyl (C=O) groups is 6. The molecule has 1 heterocycles. The van der Waals surface area contributed by atoms with Gasteiger partial charge in [0.2, 0.25) is 23.6 Å². The molecule has 1 fully saturated rings. The molecule has 1 aliphatic heterocycles. The molecule has 0 radical (unpaired) electrons. The van der Waals surface area contributed by atoms with E-state index in [1.54, 1.807) is 23.8 Å². The maximum atomic E-state index is 14.6. The maximum absolute atomic E-state index is 14.6.